The Kier molecular flexibility index (Phi) is 5.53. The van der Waals surface area contributed by atoms with Crippen LogP contribution in [0.5, 0.6) is 0 Å². The number of hydrogen-bond donors (Lipinski definition) is 1. The second-order valence-corrected chi connectivity index (χ2v) is 7.23. The van der Waals surface area contributed by atoms with Crippen molar-refractivity contribution in [3.8, 4) is 0 Å². The lowest BCUT2D eigenvalue weighted by Crippen LogP contribution is -2.28. The Morgan fingerprint density at radius 1 is 1.11 bits per heavy atom. The third kappa shape index (κ3) is 4.15. The van der Waals surface area contributed by atoms with Crippen LogP contribution in [0.3, 0.4) is 0 Å². The molecule has 28 heavy (non-hydrogen) atoms. The number of rotatable bonds is 5. The summed E-state index contributed by atoms with van der Waals surface area (Å²) >= 11 is 5.98. The summed E-state index contributed by atoms with van der Waals surface area (Å²) in [5.74, 6) is 0.454. The Morgan fingerprint density at radius 2 is 1.93 bits per heavy atom. The highest BCUT2D eigenvalue weighted by atomic mass is 35.5. The van der Waals surface area contributed by atoms with Crippen LogP contribution in [-0.2, 0) is 12.8 Å². The minimum Gasteiger partial charge on any atom is -0.352 e. The van der Waals surface area contributed by atoms with Gasteiger partial charge in [-0.25, -0.2) is 9.97 Å². The van der Waals surface area contributed by atoms with Gasteiger partial charge >= 0.3 is 0 Å². The zero-order valence-corrected chi connectivity index (χ0v) is 16.2. The van der Waals surface area contributed by atoms with E-state index in [1.807, 2.05) is 30.3 Å². The van der Waals surface area contributed by atoms with Crippen LogP contribution in [0.2, 0.25) is 5.02 Å². The summed E-state index contributed by atoms with van der Waals surface area (Å²) in [5.41, 5.74) is 4.00. The van der Waals surface area contributed by atoms with E-state index in [9.17, 15) is 4.79 Å². The van der Waals surface area contributed by atoms with Crippen LogP contribution < -0.4 is 10.2 Å². The summed E-state index contributed by atoms with van der Waals surface area (Å²) < 4.78 is 0. The van der Waals surface area contributed by atoms with Gasteiger partial charge in [0.15, 0.2) is 0 Å². The first-order valence-corrected chi connectivity index (χ1v) is 9.78. The fourth-order valence-corrected chi connectivity index (χ4v) is 3.65. The molecule has 1 aliphatic heterocycles. The van der Waals surface area contributed by atoms with Gasteiger partial charge in [0, 0.05) is 36.2 Å². The van der Waals surface area contributed by atoms with E-state index in [-0.39, 0.29) is 5.91 Å². The van der Waals surface area contributed by atoms with E-state index in [4.69, 9.17) is 11.6 Å². The minimum atomic E-state index is -0.173. The van der Waals surface area contributed by atoms with E-state index in [2.05, 4.69) is 38.4 Å². The van der Waals surface area contributed by atoms with Gasteiger partial charge in [0.1, 0.15) is 0 Å². The maximum absolute atomic E-state index is 12.4. The van der Waals surface area contributed by atoms with E-state index in [0.29, 0.717) is 23.1 Å². The molecule has 0 bridgehead atoms. The molecule has 0 unspecified atom stereocenters. The lowest BCUT2D eigenvalue weighted by atomic mass is 10.0. The topological polar surface area (TPSA) is 58.1 Å². The van der Waals surface area contributed by atoms with Gasteiger partial charge < -0.3 is 10.2 Å². The Hall–Kier alpha value is -2.92. The highest BCUT2D eigenvalue weighted by molar-refractivity contribution is 6.30. The van der Waals surface area contributed by atoms with Crippen LogP contribution in [0, 0.1) is 0 Å². The Bertz CT molecular complexity index is 974. The number of amides is 1. The zero-order valence-electron chi connectivity index (χ0n) is 15.4. The first-order chi connectivity index (χ1) is 13.7. The van der Waals surface area contributed by atoms with Crippen LogP contribution >= 0.6 is 11.6 Å². The number of para-hydroxylation sites is 1. The predicted octanol–water partition coefficient (Wildman–Crippen LogP) is 4.19. The predicted molar refractivity (Wildman–Crippen MR) is 111 cm³/mol. The molecule has 0 atom stereocenters. The number of nitrogens with one attached hydrogen (secondary N) is 1. The molecule has 1 amide bonds. The number of halogens is 1. The summed E-state index contributed by atoms with van der Waals surface area (Å²) in [5, 5.41) is 3.61. The van der Waals surface area contributed by atoms with Gasteiger partial charge in [0.2, 0.25) is 5.95 Å². The largest absolute Gasteiger partial charge is 0.352 e. The molecule has 0 fully saturated rings. The second-order valence-electron chi connectivity index (χ2n) is 6.79. The Labute approximate surface area is 169 Å². The maximum Gasteiger partial charge on any atom is 0.254 e. The fraction of sp³-hybridized carbons (Fsp3) is 0.227. The van der Waals surface area contributed by atoms with Crippen molar-refractivity contribution in [2.24, 2.45) is 0 Å². The van der Waals surface area contributed by atoms with Crippen molar-refractivity contribution in [1.82, 2.24) is 15.3 Å². The first-order valence-electron chi connectivity index (χ1n) is 9.41. The third-order valence-electron chi connectivity index (χ3n) is 4.84. The summed E-state index contributed by atoms with van der Waals surface area (Å²) in [6, 6.07) is 16.0. The molecule has 2 heterocycles. The van der Waals surface area contributed by atoms with Crippen molar-refractivity contribution >= 4 is 29.1 Å². The summed E-state index contributed by atoms with van der Waals surface area (Å²) in [4.78, 5) is 23.3. The molecule has 0 radical (unpaired) electrons. The SMILES string of the molecule is O=C(NCCc1cccc(Cl)c1)c1cnc(N2CCCc3ccccc32)nc1. The van der Waals surface area contributed by atoms with Gasteiger partial charge in [-0.15, -0.1) is 0 Å². The molecule has 142 valence electrons. The van der Waals surface area contributed by atoms with Crippen LogP contribution in [0.15, 0.2) is 60.9 Å². The summed E-state index contributed by atoms with van der Waals surface area (Å²) in [6.07, 6.45) is 6.03. The molecule has 2 aromatic carbocycles. The number of anilines is 2. The summed E-state index contributed by atoms with van der Waals surface area (Å²) in [6.45, 7) is 1.41. The molecule has 1 aromatic heterocycles. The van der Waals surface area contributed by atoms with E-state index in [1.165, 1.54) is 5.56 Å². The lowest BCUT2D eigenvalue weighted by Gasteiger charge is -2.29. The van der Waals surface area contributed by atoms with Crippen LogP contribution in [-0.4, -0.2) is 29.0 Å². The highest BCUT2D eigenvalue weighted by Gasteiger charge is 2.20. The molecule has 1 aliphatic rings. The minimum absolute atomic E-state index is 0.173. The monoisotopic (exact) mass is 392 g/mol. The molecule has 0 aliphatic carbocycles. The highest BCUT2D eigenvalue weighted by Crippen LogP contribution is 2.30. The van der Waals surface area contributed by atoms with Gasteiger partial charge in [-0.05, 0) is 48.6 Å². The molecule has 0 spiro atoms. The van der Waals surface area contributed by atoms with Gasteiger partial charge in [0.05, 0.1) is 5.56 Å². The molecule has 1 N–H and O–H groups in total. The van der Waals surface area contributed by atoms with Crippen molar-refractivity contribution < 1.29 is 4.79 Å². The number of aryl methyl sites for hydroxylation is 1. The van der Waals surface area contributed by atoms with Crippen molar-refractivity contribution in [1.29, 1.82) is 0 Å². The van der Waals surface area contributed by atoms with E-state index in [1.54, 1.807) is 12.4 Å². The standard InChI is InChI=1S/C22H21ClN4O/c23-19-8-3-5-16(13-19)10-11-24-21(28)18-14-25-22(26-15-18)27-12-4-7-17-6-1-2-9-20(17)27/h1-3,5-6,8-9,13-15H,4,7,10-12H2,(H,24,28). The van der Waals surface area contributed by atoms with Crippen LogP contribution in [0.4, 0.5) is 11.6 Å². The van der Waals surface area contributed by atoms with Gasteiger partial charge in [-0.1, -0.05) is 41.9 Å². The molecule has 6 heteroatoms. The molecule has 3 aromatic rings. The van der Waals surface area contributed by atoms with Crippen molar-refractivity contribution in [2.75, 3.05) is 18.0 Å². The van der Waals surface area contributed by atoms with Gasteiger partial charge in [-0.3, -0.25) is 4.79 Å². The average molecular weight is 393 g/mol. The van der Waals surface area contributed by atoms with Crippen LogP contribution in [0.1, 0.15) is 27.9 Å². The van der Waals surface area contributed by atoms with E-state index >= 15 is 0 Å². The number of fused-ring (bicyclic) bond motifs is 1. The maximum atomic E-state index is 12.4. The van der Waals surface area contributed by atoms with Crippen molar-refractivity contribution in [2.45, 2.75) is 19.3 Å². The number of benzene rings is 2. The smallest absolute Gasteiger partial charge is 0.254 e. The van der Waals surface area contributed by atoms with Crippen molar-refractivity contribution in [3.63, 3.8) is 0 Å². The molecule has 5 nitrogen and oxygen atoms in total. The van der Waals surface area contributed by atoms with Crippen LogP contribution in [0.25, 0.3) is 0 Å². The molecular weight excluding hydrogens is 372 g/mol. The summed E-state index contributed by atoms with van der Waals surface area (Å²) in [7, 11) is 0. The molecule has 0 saturated heterocycles. The van der Waals surface area contributed by atoms with E-state index < -0.39 is 0 Å². The number of aromatic nitrogens is 2. The second kappa shape index (κ2) is 8.40. The number of carbonyl (C=O) groups is 1. The first kappa shape index (κ1) is 18.4. The van der Waals surface area contributed by atoms with Crippen molar-refractivity contribution in [3.05, 3.63) is 82.6 Å². The van der Waals surface area contributed by atoms with E-state index in [0.717, 1.165) is 37.1 Å². The molecule has 4 rings (SSSR count). The average Bonchev–Trinajstić information content (AvgIpc) is 2.73. The molecule has 0 saturated carbocycles. The Morgan fingerprint density at radius 3 is 2.75 bits per heavy atom. The number of nitrogens with zero attached hydrogens (tertiary/aromatic N) is 3. The number of hydrogen-bond acceptors (Lipinski definition) is 4. The third-order valence-corrected chi connectivity index (χ3v) is 5.08. The Balaban J connectivity index is 1.39. The molecular formula is C22H21ClN4O. The number of carbonyl (C=O) groups excluding carboxylic acids is 1. The quantitative estimate of drug-likeness (QED) is 0.707. The zero-order chi connectivity index (χ0) is 19.3. The fourth-order valence-electron chi connectivity index (χ4n) is 3.43. The normalized spacial score (nSPS) is 13.1. The van der Waals surface area contributed by atoms with Gasteiger partial charge in [0.25, 0.3) is 5.91 Å². The van der Waals surface area contributed by atoms with Gasteiger partial charge in [-0.2, -0.15) is 0 Å². The lowest BCUT2D eigenvalue weighted by molar-refractivity contribution is 0.0953.